The molecule has 0 radical (unpaired) electrons. The number of carbonyl (C=O) groups is 2. The van der Waals surface area contributed by atoms with Crippen LogP contribution in [0, 0.1) is 5.92 Å². The second kappa shape index (κ2) is 8.26. The molecule has 122 valence electrons. The van der Waals surface area contributed by atoms with Crippen molar-refractivity contribution in [2.45, 2.75) is 32.7 Å². The monoisotopic (exact) mass is 309 g/mol. The fraction of sp³-hybridized carbons (Fsp3) is 0.500. The molecule has 0 aliphatic rings. The van der Waals surface area contributed by atoms with E-state index in [1.54, 1.807) is 32.2 Å². The zero-order chi connectivity index (χ0) is 16.7. The summed E-state index contributed by atoms with van der Waals surface area (Å²) in [5, 5.41) is 11.8. The summed E-state index contributed by atoms with van der Waals surface area (Å²) in [4.78, 5) is 23.3. The summed E-state index contributed by atoms with van der Waals surface area (Å²) in [5.74, 6) is -0.353. The third-order valence-electron chi connectivity index (χ3n) is 3.64. The Labute approximate surface area is 130 Å². The van der Waals surface area contributed by atoms with E-state index in [0.29, 0.717) is 23.5 Å². The number of carboxylic acids is 1. The number of rotatable bonds is 8. The number of hydrogen-bond donors (Lipinski definition) is 2. The molecule has 22 heavy (non-hydrogen) atoms. The summed E-state index contributed by atoms with van der Waals surface area (Å²) in [6.45, 7) is 3.69. The molecule has 1 aromatic carbocycles. The van der Waals surface area contributed by atoms with E-state index in [1.807, 2.05) is 6.92 Å². The van der Waals surface area contributed by atoms with Crippen LogP contribution in [0.5, 0.6) is 11.5 Å². The number of carboxylic acid groups (broad SMARTS) is 1. The van der Waals surface area contributed by atoms with Gasteiger partial charge in [-0.1, -0.05) is 26.3 Å². The minimum Gasteiger partial charge on any atom is -0.497 e. The molecule has 0 saturated heterocycles. The maximum absolute atomic E-state index is 12.1. The molecule has 0 saturated carbocycles. The standard InChI is InChI=1S/C16H23NO5/c1-5-10(2)15(16(19)20)17-14(18)8-11-6-7-12(21-3)9-13(11)22-4/h6-7,9-10,15H,5,8H2,1-4H3,(H,17,18)(H,19,20). The van der Waals surface area contributed by atoms with E-state index in [4.69, 9.17) is 9.47 Å². The molecular formula is C16H23NO5. The summed E-state index contributed by atoms with van der Waals surface area (Å²) in [6.07, 6.45) is 0.719. The first-order valence-corrected chi connectivity index (χ1v) is 7.16. The van der Waals surface area contributed by atoms with Crippen LogP contribution in [0.2, 0.25) is 0 Å². The number of ether oxygens (including phenoxy) is 2. The van der Waals surface area contributed by atoms with Gasteiger partial charge in [0.25, 0.3) is 0 Å². The number of methoxy groups -OCH3 is 2. The van der Waals surface area contributed by atoms with Crippen LogP contribution in [-0.2, 0) is 16.0 Å². The van der Waals surface area contributed by atoms with Crippen molar-refractivity contribution in [3.63, 3.8) is 0 Å². The lowest BCUT2D eigenvalue weighted by Gasteiger charge is -2.20. The van der Waals surface area contributed by atoms with E-state index in [0.717, 1.165) is 0 Å². The zero-order valence-corrected chi connectivity index (χ0v) is 13.4. The van der Waals surface area contributed by atoms with Gasteiger partial charge < -0.3 is 19.9 Å². The predicted octanol–water partition coefficient (Wildman–Crippen LogP) is 1.86. The van der Waals surface area contributed by atoms with Crippen LogP contribution >= 0.6 is 0 Å². The van der Waals surface area contributed by atoms with Crippen molar-refractivity contribution in [3.8, 4) is 11.5 Å². The molecule has 0 fully saturated rings. The van der Waals surface area contributed by atoms with Crippen LogP contribution in [-0.4, -0.2) is 37.2 Å². The largest absolute Gasteiger partial charge is 0.497 e. The van der Waals surface area contributed by atoms with Crippen LogP contribution in [0.15, 0.2) is 18.2 Å². The van der Waals surface area contributed by atoms with Gasteiger partial charge in [0.2, 0.25) is 5.91 Å². The smallest absolute Gasteiger partial charge is 0.326 e. The highest BCUT2D eigenvalue weighted by atomic mass is 16.5. The molecule has 0 bridgehead atoms. The number of hydrogen-bond acceptors (Lipinski definition) is 4. The van der Waals surface area contributed by atoms with Gasteiger partial charge in [-0.3, -0.25) is 4.79 Å². The average Bonchev–Trinajstić information content (AvgIpc) is 2.51. The average molecular weight is 309 g/mol. The summed E-state index contributed by atoms with van der Waals surface area (Å²) >= 11 is 0. The molecule has 2 unspecified atom stereocenters. The van der Waals surface area contributed by atoms with E-state index in [1.165, 1.54) is 7.11 Å². The van der Waals surface area contributed by atoms with Gasteiger partial charge in [0.05, 0.1) is 20.6 Å². The van der Waals surface area contributed by atoms with Gasteiger partial charge in [-0.25, -0.2) is 4.79 Å². The second-order valence-electron chi connectivity index (χ2n) is 5.12. The molecule has 1 aromatic rings. The molecule has 2 atom stereocenters. The van der Waals surface area contributed by atoms with Crippen LogP contribution in [0.25, 0.3) is 0 Å². The first-order chi connectivity index (χ1) is 10.4. The summed E-state index contributed by atoms with van der Waals surface area (Å²) in [7, 11) is 3.06. The van der Waals surface area contributed by atoms with Crippen LogP contribution in [0.3, 0.4) is 0 Å². The Balaban J connectivity index is 2.81. The molecule has 0 aromatic heterocycles. The van der Waals surface area contributed by atoms with Crippen molar-refractivity contribution in [1.29, 1.82) is 0 Å². The Morgan fingerprint density at radius 1 is 1.27 bits per heavy atom. The van der Waals surface area contributed by atoms with Crippen molar-refractivity contribution in [2.24, 2.45) is 5.92 Å². The molecular weight excluding hydrogens is 286 g/mol. The maximum Gasteiger partial charge on any atom is 0.326 e. The zero-order valence-electron chi connectivity index (χ0n) is 13.4. The van der Waals surface area contributed by atoms with Gasteiger partial charge in [0.1, 0.15) is 17.5 Å². The highest BCUT2D eigenvalue weighted by Crippen LogP contribution is 2.25. The summed E-state index contributed by atoms with van der Waals surface area (Å²) in [6, 6.07) is 4.26. The van der Waals surface area contributed by atoms with Crippen molar-refractivity contribution < 1.29 is 24.2 Å². The van der Waals surface area contributed by atoms with Gasteiger partial charge in [-0.15, -0.1) is 0 Å². The minimum atomic E-state index is -1.02. The topological polar surface area (TPSA) is 84.9 Å². The molecule has 6 nitrogen and oxygen atoms in total. The van der Waals surface area contributed by atoms with Gasteiger partial charge in [-0.05, 0) is 12.0 Å². The van der Waals surface area contributed by atoms with Gasteiger partial charge in [-0.2, -0.15) is 0 Å². The molecule has 6 heteroatoms. The quantitative estimate of drug-likeness (QED) is 0.765. The first kappa shape index (κ1) is 17.8. The normalized spacial score (nSPS) is 13.1. The van der Waals surface area contributed by atoms with Crippen LogP contribution in [0.4, 0.5) is 0 Å². The highest BCUT2D eigenvalue weighted by molar-refractivity contribution is 5.85. The molecule has 0 heterocycles. The van der Waals surface area contributed by atoms with E-state index in [-0.39, 0.29) is 18.2 Å². The van der Waals surface area contributed by atoms with Gasteiger partial charge in [0.15, 0.2) is 0 Å². The van der Waals surface area contributed by atoms with Crippen molar-refractivity contribution >= 4 is 11.9 Å². The number of nitrogens with one attached hydrogen (secondary N) is 1. The Bertz CT molecular complexity index is 529. The second-order valence-corrected chi connectivity index (χ2v) is 5.12. The maximum atomic E-state index is 12.1. The van der Waals surface area contributed by atoms with E-state index >= 15 is 0 Å². The van der Waals surface area contributed by atoms with Crippen molar-refractivity contribution in [1.82, 2.24) is 5.32 Å². The third kappa shape index (κ3) is 4.65. The lowest BCUT2D eigenvalue weighted by atomic mass is 9.99. The molecule has 0 aliphatic carbocycles. The number of amides is 1. The minimum absolute atomic E-state index is 0.0490. The van der Waals surface area contributed by atoms with Gasteiger partial charge >= 0.3 is 5.97 Å². The molecule has 1 amide bonds. The van der Waals surface area contributed by atoms with E-state index < -0.39 is 12.0 Å². The molecule has 2 N–H and O–H groups in total. The number of carbonyl (C=O) groups excluding carboxylic acids is 1. The molecule has 1 rings (SSSR count). The Morgan fingerprint density at radius 2 is 1.95 bits per heavy atom. The molecule has 0 spiro atoms. The lowest BCUT2D eigenvalue weighted by molar-refractivity contribution is -0.143. The lowest BCUT2D eigenvalue weighted by Crippen LogP contribution is -2.45. The van der Waals surface area contributed by atoms with E-state index in [9.17, 15) is 14.7 Å². The SMILES string of the molecule is CCC(C)C(NC(=O)Cc1ccc(OC)cc1OC)C(=O)O. The first-order valence-electron chi connectivity index (χ1n) is 7.16. The van der Waals surface area contributed by atoms with Crippen molar-refractivity contribution in [3.05, 3.63) is 23.8 Å². The Morgan fingerprint density at radius 3 is 2.45 bits per heavy atom. The number of aliphatic carboxylic acids is 1. The molecule has 0 aliphatic heterocycles. The third-order valence-corrected chi connectivity index (χ3v) is 3.64. The number of benzene rings is 1. The summed E-state index contributed by atoms with van der Waals surface area (Å²) < 4.78 is 10.3. The Hall–Kier alpha value is -2.24. The predicted molar refractivity (Wildman–Crippen MR) is 82.3 cm³/mol. The highest BCUT2D eigenvalue weighted by Gasteiger charge is 2.25. The van der Waals surface area contributed by atoms with Crippen LogP contribution in [0.1, 0.15) is 25.8 Å². The van der Waals surface area contributed by atoms with Gasteiger partial charge in [0, 0.05) is 11.6 Å². The fourth-order valence-electron chi connectivity index (χ4n) is 2.08. The fourth-order valence-corrected chi connectivity index (χ4v) is 2.08. The van der Waals surface area contributed by atoms with Crippen molar-refractivity contribution in [2.75, 3.05) is 14.2 Å². The Kier molecular flexibility index (Phi) is 6.69. The van der Waals surface area contributed by atoms with Crippen LogP contribution < -0.4 is 14.8 Å². The summed E-state index contributed by atoms with van der Waals surface area (Å²) in [5.41, 5.74) is 0.675. The van der Waals surface area contributed by atoms with E-state index in [2.05, 4.69) is 5.32 Å².